The van der Waals surface area contributed by atoms with Crippen LogP contribution in [0.25, 0.3) is 0 Å². The van der Waals surface area contributed by atoms with Gasteiger partial charge >= 0.3 is 6.03 Å². The van der Waals surface area contributed by atoms with Gasteiger partial charge in [-0.15, -0.1) is 11.3 Å². The topological polar surface area (TPSA) is 53.1 Å². The second-order valence-corrected chi connectivity index (χ2v) is 8.04. The van der Waals surface area contributed by atoms with Gasteiger partial charge in [0, 0.05) is 39.2 Å². The van der Waals surface area contributed by atoms with Gasteiger partial charge in [-0.05, 0) is 29.0 Å². The lowest BCUT2D eigenvalue weighted by molar-refractivity contribution is -0.134. The van der Waals surface area contributed by atoms with E-state index in [1.54, 1.807) is 37.4 Å². The summed E-state index contributed by atoms with van der Waals surface area (Å²) in [6.07, 6.45) is 0.849. The number of nitrogens with zero attached hydrogens (tertiary/aromatic N) is 3. The Morgan fingerprint density at radius 2 is 1.96 bits per heavy atom. The Labute approximate surface area is 170 Å². The number of benzene rings is 1. The van der Waals surface area contributed by atoms with Gasteiger partial charge in [0.15, 0.2) is 0 Å². The van der Waals surface area contributed by atoms with Crippen molar-refractivity contribution < 1.29 is 14.3 Å². The molecule has 0 aliphatic carbocycles. The van der Waals surface area contributed by atoms with E-state index >= 15 is 0 Å². The van der Waals surface area contributed by atoms with E-state index in [1.807, 2.05) is 23.1 Å². The molecule has 7 heteroatoms. The zero-order valence-electron chi connectivity index (χ0n) is 16.6. The van der Waals surface area contributed by atoms with Gasteiger partial charge in [-0.2, -0.15) is 0 Å². The zero-order chi connectivity index (χ0) is 20.1. The molecule has 150 valence electrons. The van der Waals surface area contributed by atoms with Gasteiger partial charge in [-0.25, -0.2) is 4.79 Å². The Balaban J connectivity index is 1.85. The van der Waals surface area contributed by atoms with E-state index in [2.05, 4.69) is 23.6 Å². The van der Waals surface area contributed by atoms with E-state index in [1.165, 1.54) is 15.3 Å². The maximum atomic E-state index is 13.3. The monoisotopic (exact) mass is 401 g/mol. The predicted octanol–water partition coefficient (Wildman–Crippen LogP) is 2.85. The van der Waals surface area contributed by atoms with E-state index in [-0.39, 0.29) is 24.5 Å². The first-order chi connectivity index (χ1) is 13.5. The maximum absolute atomic E-state index is 13.3. The third kappa shape index (κ3) is 4.36. The molecule has 1 aliphatic rings. The summed E-state index contributed by atoms with van der Waals surface area (Å²) in [4.78, 5) is 32.1. The molecule has 1 atom stereocenters. The first kappa shape index (κ1) is 20.4. The summed E-state index contributed by atoms with van der Waals surface area (Å²) in [7, 11) is 4.98. The quantitative estimate of drug-likeness (QED) is 0.748. The number of rotatable bonds is 6. The highest BCUT2D eigenvalue weighted by Crippen LogP contribution is 2.37. The number of thiophene rings is 1. The van der Waals surface area contributed by atoms with E-state index in [9.17, 15) is 9.59 Å². The molecule has 0 bridgehead atoms. The molecule has 28 heavy (non-hydrogen) atoms. The molecule has 0 N–H and O–H groups in total. The van der Waals surface area contributed by atoms with Crippen molar-refractivity contribution in [1.82, 2.24) is 14.7 Å². The fourth-order valence-electron chi connectivity index (χ4n) is 3.56. The minimum Gasteiger partial charge on any atom is -0.383 e. The minimum atomic E-state index is -0.185. The molecule has 1 unspecified atom stereocenters. The molecule has 1 aromatic carbocycles. The molecule has 0 radical (unpaired) electrons. The molecule has 0 fully saturated rings. The summed E-state index contributed by atoms with van der Waals surface area (Å²) < 4.78 is 5.12. The highest BCUT2D eigenvalue weighted by atomic mass is 32.1. The summed E-state index contributed by atoms with van der Waals surface area (Å²) in [5.41, 5.74) is 2.29. The van der Waals surface area contributed by atoms with E-state index in [0.29, 0.717) is 19.7 Å². The molecule has 2 heterocycles. The van der Waals surface area contributed by atoms with Crippen LogP contribution in [0.3, 0.4) is 0 Å². The second-order valence-electron chi connectivity index (χ2n) is 7.04. The van der Waals surface area contributed by atoms with Crippen LogP contribution in [-0.2, 0) is 16.0 Å². The van der Waals surface area contributed by atoms with Crippen LogP contribution in [0.4, 0.5) is 4.79 Å². The Morgan fingerprint density at radius 1 is 1.21 bits per heavy atom. The van der Waals surface area contributed by atoms with Crippen LogP contribution in [-0.4, -0.2) is 74.1 Å². The van der Waals surface area contributed by atoms with Crippen LogP contribution >= 0.6 is 11.3 Å². The number of urea groups is 1. The van der Waals surface area contributed by atoms with E-state index < -0.39 is 0 Å². The third-order valence-corrected chi connectivity index (χ3v) is 5.94. The molecule has 3 rings (SSSR count). The fourth-order valence-corrected chi connectivity index (χ4v) is 4.46. The minimum absolute atomic E-state index is 0.0444. The van der Waals surface area contributed by atoms with Crippen molar-refractivity contribution >= 4 is 23.3 Å². The highest BCUT2D eigenvalue weighted by Gasteiger charge is 2.34. The SMILES string of the molecule is COCCN(CC(=O)N1CCc2sccc2C1c1ccccc1)C(=O)N(C)C. The molecule has 3 amide bonds. The lowest BCUT2D eigenvalue weighted by Crippen LogP contribution is -2.49. The van der Waals surface area contributed by atoms with Crippen LogP contribution in [0.5, 0.6) is 0 Å². The van der Waals surface area contributed by atoms with E-state index in [4.69, 9.17) is 4.74 Å². The molecule has 6 nitrogen and oxygen atoms in total. The van der Waals surface area contributed by atoms with Crippen molar-refractivity contribution in [3.63, 3.8) is 0 Å². The summed E-state index contributed by atoms with van der Waals surface area (Å²) in [6.45, 7) is 1.47. The van der Waals surface area contributed by atoms with Gasteiger partial charge in [-0.1, -0.05) is 30.3 Å². The highest BCUT2D eigenvalue weighted by molar-refractivity contribution is 7.10. The van der Waals surface area contributed by atoms with Crippen molar-refractivity contribution in [2.75, 3.05) is 47.4 Å². The first-order valence-corrected chi connectivity index (χ1v) is 10.3. The van der Waals surface area contributed by atoms with Crippen molar-refractivity contribution in [3.8, 4) is 0 Å². The number of fused-ring (bicyclic) bond motifs is 1. The number of methoxy groups -OCH3 is 1. The van der Waals surface area contributed by atoms with Crippen LogP contribution in [0.1, 0.15) is 22.0 Å². The van der Waals surface area contributed by atoms with Crippen LogP contribution in [0.15, 0.2) is 41.8 Å². The van der Waals surface area contributed by atoms with Gasteiger partial charge in [-0.3, -0.25) is 4.79 Å². The van der Waals surface area contributed by atoms with Gasteiger partial charge in [0.1, 0.15) is 6.54 Å². The Kier molecular flexibility index (Phi) is 6.70. The largest absolute Gasteiger partial charge is 0.383 e. The van der Waals surface area contributed by atoms with Gasteiger partial charge in [0.2, 0.25) is 5.91 Å². The smallest absolute Gasteiger partial charge is 0.320 e. The number of carbonyl (C=O) groups is 2. The van der Waals surface area contributed by atoms with Crippen molar-refractivity contribution in [2.24, 2.45) is 0 Å². The molecule has 2 aromatic rings. The van der Waals surface area contributed by atoms with Gasteiger partial charge in [0.25, 0.3) is 0 Å². The molecular weight excluding hydrogens is 374 g/mol. The van der Waals surface area contributed by atoms with Crippen molar-refractivity contribution in [1.29, 1.82) is 0 Å². The van der Waals surface area contributed by atoms with Crippen LogP contribution in [0.2, 0.25) is 0 Å². The molecule has 0 saturated carbocycles. The standard InChI is InChI=1S/C21H27N3O3S/c1-22(2)21(26)23(12-13-27-3)15-19(25)24-11-9-18-17(10-14-28-18)20(24)16-7-5-4-6-8-16/h4-8,10,14,20H,9,11-13,15H2,1-3H3. The summed E-state index contributed by atoms with van der Waals surface area (Å²) in [5.74, 6) is -0.0444. The van der Waals surface area contributed by atoms with E-state index in [0.717, 1.165) is 12.0 Å². The molecule has 1 aromatic heterocycles. The normalized spacial score (nSPS) is 15.8. The fraction of sp³-hybridized carbons (Fsp3) is 0.429. The Hall–Kier alpha value is -2.38. The number of ether oxygens (including phenoxy) is 1. The van der Waals surface area contributed by atoms with Crippen molar-refractivity contribution in [3.05, 3.63) is 57.8 Å². The molecular formula is C21H27N3O3S. The van der Waals surface area contributed by atoms with Crippen molar-refractivity contribution in [2.45, 2.75) is 12.5 Å². The molecule has 1 aliphatic heterocycles. The summed E-state index contributed by atoms with van der Waals surface area (Å²) in [6, 6.07) is 11.9. The third-order valence-electron chi connectivity index (χ3n) is 4.95. The van der Waals surface area contributed by atoms with Crippen LogP contribution in [0, 0.1) is 0 Å². The van der Waals surface area contributed by atoms with Gasteiger partial charge < -0.3 is 19.4 Å². The Morgan fingerprint density at radius 3 is 2.64 bits per heavy atom. The number of amides is 3. The lowest BCUT2D eigenvalue weighted by atomic mass is 9.93. The molecule has 0 spiro atoms. The predicted molar refractivity (Wildman–Crippen MR) is 111 cm³/mol. The average molecular weight is 402 g/mol. The number of hydrogen-bond donors (Lipinski definition) is 0. The molecule has 0 saturated heterocycles. The number of hydrogen-bond acceptors (Lipinski definition) is 4. The first-order valence-electron chi connectivity index (χ1n) is 9.38. The summed E-state index contributed by atoms with van der Waals surface area (Å²) >= 11 is 1.75. The maximum Gasteiger partial charge on any atom is 0.320 e. The zero-order valence-corrected chi connectivity index (χ0v) is 17.4. The average Bonchev–Trinajstić information content (AvgIpc) is 3.19. The van der Waals surface area contributed by atoms with Crippen LogP contribution < -0.4 is 0 Å². The second kappa shape index (κ2) is 9.21. The number of carbonyl (C=O) groups excluding carboxylic acids is 2. The Bertz CT molecular complexity index is 806. The lowest BCUT2D eigenvalue weighted by Gasteiger charge is -2.38. The summed E-state index contributed by atoms with van der Waals surface area (Å²) in [5, 5.41) is 2.09. The van der Waals surface area contributed by atoms with Gasteiger partial charge in [0.05, 0.1) is 12.6 Å².